The van der Waals surface area contributed by atoms with E-state index in [4.69, 9.17) is 29.4 Å². The van der Waals surface area contributed by atoms with Gasteiger partial charge in [-0.3, -0.25) is 23.4 Å². The number of phosphoric ester groups is 1. The van der Waals surface area contributed by atoms with E-state index < -0.39 is 51.1 Å². The Hall–Kier alpha value is -1.52. The Morgan fingerprint density at radius 2 is 0.647 bits per heavy atom. The molecule has 0 saturated heterocycles. The van der Waals surface area contributed by atoms with Gasteiger partial charge >= 0.3 is 25.7 Å². The lowest BCUT2D eigenvalue weighted by atomic mass is 10.0. The highest BCUT2D eigenvalue weighted by atomic mass is 31.2. The number of nitrogens with two attached hydrogens (primary N) is 1. The fourth-order valence-electron chi connectivity index (χ4n) is 8.84. The van der Waals surface area contributed by atoms with Crippen LogP contribution in [-0.2, 0) is 37.5 Å². The number of hydrogen-bond acceptors (Lipinski definition) is 9. The normalized spacial score (nSPS) is 13.4. The molecule has 0 aromatic heterocycles. The molecule has 0 amide bonds. The van der Waals surface area contributed by atoms with Crippen LogP contribution in [0.5, 0.6) is 0 Å². The van der Waals surface area contributed by atoms with Crippen molar-refractivity contribution >= 4 is 25.7 Å². The number of phosphoric acid groups is 1. The van der Waals surface area contributed by atoms with Crippen LogP contribution in [0.4, 0.5) is 0 Å². The van der Waals surface area contributed by atoms with Gasteiger partial charge < -0.3 is 25.2 Å². The van der Waals surface area contributed by atoms with Crippen LogP contribution in [0.2, 0.25) is 0 Å². The highest BCUT2D eigenvalue weighted by molar-refractivity contribution is 7.47. The molecule has 0 radical (unpaired) electrons. The molecular formula is C56H110NO10P. The molecule has 0 aliphatic rings. The number of hydrogen-bond donors (Lipinski definition) is 3. The predicted octanol–water partition coefficient (Wildman–Crippen LogP) is 17.0. The third-order valence-corrected chi connectivity index (χ3v) is 14.3. The third kappa shape index (κ3) is 50.9. The van der Waals surface area contributed by atoms with Crippen LogP contribution in [0.1, 0.15) is 309 Å². The maximum atomic E-state index is 12.7. The van der Waals surface area contributed by atoms with E-state index in [1.54, 1.807) is 0 Å². The summed E-state index contributed by atoms with van der Waals surface area (Å²) in [6.45, 7) is 2.89. The van der Waals surface area contributed by atoms with E-state index in [9.17, 15) is 23.8 Å². The summed E-state index contributed by atoms with van der Waals surface area (Å²) in [5.74, 6) is -2.34. The number of carbonyl (C=O) groups is 3. The van der Waals surface area contributed by atoms with Gasteiger partial charge in [-0.05, 0) is 12.8 Å². The van der Waals surface area contributed by atoms with Gasteiger partial charge in [0.25, 0.3) is 0 Å². The van der Waals surface area contributed by atoms with E-state index in [1.807, 2.05) is 0 Å². The van der Waals surface area contributed by atoms with Crippen molar-refractivity contribution in [1.82, 2.24) is 0 Å². The van der Waals surface area contributed by atoms with E-state index in [1.165, 1.54) is 231 Å². The Kier molecular flexibility index (Phi) is 50.7. The van der Waals surface area contributed by atoms with E-state index >= 15 is 0 Å². The molecular weight excluding hydrogens is 878 g/mol. The zero-order chi connectivity index (χ0) is 49.9. The Balaban J connectivity index is 4.10. The van der Waals surface area contributed by atoms with Crippen LogP contribution in [0.15, 0.2) is 0 Å². The topological polar surface area (TPSA) is 172 Å². The summed E-state index contributed by atoms with van der Waals surface area (Å²) in [4.78, 5) is 46.3. The van der Waals surface area contributed by atoms with Gasteiger partial charge in [-0.25, -0.2) is 4.57 Å². The van der Waals surface area contributed by atoms with Crippen molar-refractivity contribution in [2.45, 2.75) is 321 Å². The van der Waals surface area contributed by atoms with Crippen molar-refractivity contribution in [3.63, 3.8) is 0 Å². The number of carboxylic acid groups (broad SMARTS) is 1. The second kappa shape index (κ2) is 51.8. The van der Waals surface area contributed by atoms with Crippen molar-refractivity contribution in [3.05, 3.63) is 0 Å². The largest absolute Gasteiger partial charge is 0.480 e. The quantitative estimate of drug-likeness (QED) is 0.0301. The maximum absolute atomic E-state index is 12.7. The highest BCUT2D eigenvalue weighted by Gasteiger charge is 2.28. The second-order valence-corrected chi connectivity index (χ2v) is 21.6. The maximum Gasteiger partial charge on any atom is 0.472 e. The summed E-state index contributed by atoms with van der Waals surface area (Å²) in [6.07, 6.45) is 56.1. The standard InChI is InChI=1S/C56H110NO10P/c1-3-5-7-9-11-13-15-17-19-21-23-25-26-27-28-30-32-34-36-38-40-42-44-46-48-55(59)67-52(50-65-68(62,63)66-51-53(57)56(60)61)49-64-54(58)47-45-43-41-39-37-35-33-31-29-24-22-20-18-16-14-12-10-8-6-4-2/h52-53H,3-51,57H2,1-2H3,(H,60,61)(H,62,63). The monoisotopic (exact) mass is 988 g/mol. The van der Waals surface area contributed by atoms with Crippen molar-refractivity contribution in [3.8, 4) is 0 Å². The number of aliphatic carboxylic acids is 1. The average molecular weight is 988 g/mol. The molecule has 68 heavy (non-hydrogen) atoms. The number of carboxylic acids is 1. The van der Waals surface area contributed by atoms with Gasteiger partial charge in [0.05, 0.1) is 13.2 Å². The minimum atomic E-state index is -4.72. The van der Waals surface area contributed by atoms with Gasteiger partial charge in [0, 0.05) is 12.8 Å². The molecule has 4 N–H and O–H groups in total. The second-order valence-electron chi connectivity index (χ2n) is 20.1. The summed E-state index contributed by atoms with van der Waals surface area (Å²) in [5, 5.41) is 8.94. The molecule has 0 fully saturated rings. The molecule has 0 aliphatic heterocycles. The molecule has 0 heterocycles. The Bertz CT molecular complexity index is 1160. The molecule has 0 aliphatic carbocycles. The van der Waals surface area contributed by atoms with Gasteiger partial charge in [0.15, 0.2) is 6.10 Å². The van der Waals surface area contributed by atoms with Crippen LogP contribution in [0.3, 0.4) is 0 Å². The lowest BCUT2D eigenvalue weighted by Crippen LogP contribution is -2.34. The molecule has 0 saturated carbocycles. The number of rotatable bonds is 56. The van der Waals surface area contributed by atoms with Gasteiger partial charge in [-0.15, -0.1) is 0 Å². The third-order valence-electron chi connectivity index (χ3n) is 13.4. The van der Waals surface area contributed by atoms with Gasteiger partial charge in [-0.2, -0.15) is 0 Å². The fourth-order valence-corrected chi connectivity index (χ4v) is 9.61. The molecule has 3 unspecified atom stereocenters. The predicted molar refractivity (Wildman–Crippen MR) is 282 cm³/mol. The van der Waals surface area contributed by atoms with E-state index in [0.29, 0.717) is 12.8 Å². The number of ether oxygens (including phenoxy) is 2. The van der Waals surface area contributed by atoms with Gasteiger partial charge in [-0.1, -0.05) is 284 Å². The minimum absolute atomic E-state index is 0.170. The molecule has 11 nitrogen and oxygen atoms in total. The van der Waals surface area contributed by atoms with E-state index in [2.05, 4.69) is 13.8 Å². The number of unbranched alkanes of at least 4 members (excludes halogenated alkanes) is 42. The number of carbonyl (C=O) groups excluding carboxylic acids is 2. The molecule has 0 spiro atoms. The van der Waals surface area contributed by atoms with Crippen molar-refractivity contribution in [1.29, 1.82) is 0 Å². The first kappa shape index (κ1) is 66.5. The van der Waals surface area contributed by atoms with Crippen LogP contribution in [0.25, 0.3) is 0 Å². The first-order valence-electron chi connectivity index (χ1n) is 29.1. The SMILES string of the molecule is CCCCCCCCCCCCCCCCCCCCCCCCCCC(=O)OC(COC(=O)CCCCCCCCCCCCCCCCCCCCCC)COP(=O)(O)OCC(N)C(=O)O. The summed E-state index contributed by atoms with van der Waals surface area (Å²) >= 11 is 0. The molecule has 404 valence electrons. The zero-order valence-electron chi connectivity index (χ0n) is 44.5. The summed E-state index contributed by atoms with van der Waals surface area (Å²) in [6, 6.07) is -1.52. The van der Waals surface area contributed by atoms with Crippen LogP contribution in [0, 0.1) is 0 Å². The lowest BCUT2D eigenvalue weighted by molar-refractivity contribution is -0.161. The average Bonchev–Trinajstić information content (AvgIpc) is 3.32. The van der Waals surface area contributed by atoms with Crippen molar-refractivity contribution in [2.24, 2.45) is 5.73 Å². The summed E-state index contributed by atoms with van der Waals surface area (Å²) in [7, 11) is -4.72. The van der Waals surface area contributed by atoms with Gasteiger partial charge in [0.1, 0.15) is 12.6 Å². The first-order valence-corrected chi connectivity index (χ1v) is 30.6. The summed E-state index contributed by atoms with van der Waals surface area (Å²) in [5.41, 5.74) is 5.37. The Morgan fingerprint density at radius 1 is 0.397 bits per heavy atom. The van der Waals surface area contributed by atoms with Gasteiger partial charge in [0.2, 0.25) is 0 Å². The highest BCUT2D eigenvalue weighted by Crippen LogP contribution is 2.43. The van der Waals surface area contributed by atoms with Crippen LogP contribution in [-0.4, -0.2) is 59.9 Å². The minimum Gasteiger partial charge on any atom is -0.480 e. The molecule has 0 rings (SSSR count). The molecule has 3 atom stereocenters. The Labute approximate surface area is 418 Å². The molecule has 0 aromatic carbocycles. The zero-order valence-corrected chi connectivity index (χ0v) is 45.4. The Morgan fingerprint density at radius 3 is 0.926 bits per heavy atom. The van der Waals surface area contributed by atoms with E-state index in [-0.39, 0.29) is 19.4 Å². The number of esters is 2. The van der Waals surface area contributed by atoms with Crippen molar-refractivity contribution in [2.75, 3.05) is 19.8 Å². The van der Waals surface area contributed by atoms with Crippen LogP contribution < -0.4 is 5.73 Å². The van der Waals surface area contributed by atoms with E-state index in [0.717, 1.165) is 38.5 Å². The summed E-state index contributed by atoms with van der Waals surface area (Å²) < 4.78 is 33.0. The van der Waals surface area contributed by atoms with Crippen LogP contribution >= 0.6 is 7.82 Å². The fraction of sp³-hybridized carbons (Fsp3) is 0.946. The molecule has 0 bridgehead atoms. The lowest BCUT2D eigenvalue weighted by Gasteiger charge is -2.20. The molecule has 0 aromatic rings. The molecule has 12 heteroatoms. The smallest absolute Gasteiger partial charge is 0.472 e. The first-order chi connectivity index (χ1) is 33.1. The van der Waals surface area contributed by atoms with Crippen molar-refractivity contribution < 1.29 is 47.5 Å².